The molecule has 0 aliphatic carbocycles. The number of ether oxygens (including phenoxy) is 1. The molecule has 26 heavy (non-hydrogen) atoms. The Morgan fingerprint density at radius 3 is 2.81 bits per heavy atom. The van der Waals surface area contributed by atoms with E-state index in [9.17, 15) is 0 Å². The van der Waals surface area contributed by atoms with Crippen LogP contribution in [0.5, 0.6) is 0 Å². The summed E-state index contributed by atoms with van der Waals surface area (Å²) in [7, 11) is 3.90. The summed E-state index contributed by atoms with van der Waals surface area (Å²) in [5.41, 5.74) is 1.04. The maximum Gasteiger partial charge on any atom is 0.284 e. The molecule has 0 saturated carbocycles. The normalized spacial score (nSPS) is 18.3. The summed E-state index contributed by atoms with van der Waals surface area (Å²) in [6, 6.07) is 13.2. The van der Waals surface area contributed by atoms with Gasteiger partial charge in [-0.15, -0.1) is 0 Å². The van der Waals surface area contributed by atoms with Crippen molar-refractivity contribution in [3.63, 3.8) is 0 Å². The zero-order valence-electron chi connectivity index (χ0n) is 15.5. The molecule has 1 saturated heterocycles. The van der Waals surface area contributed by atoms with Crippen LogP contribution in [0.2, 0.25) is 5.02 Å². The van der Waals surface area contributed by atoms with E-state index in [2.05, 4.69) is 45.8 Å². The highest BCUT2D eigenvalue weighted by molar-refractivity contribution is 6.36. The maximum absolute atomic E-state index is 6.36. The van der Waals surface area contributed by atoms with E-state index < -0.39 is 0 Å². The third-order valence-electron chi connectivity index (χ3n) is 4.86. The molecule has 0 spiro atoms. The molecule has 2 aromatic rings. The average molecular weight is 375 g/mol. The Morgan fingerprint density at radius 2 is 2.08 bits per heavy atom. The number of hydrogen-bond acceptors (Lipinski definition) is 4. The Hall–Kier alpha value is -1.98. The summed E-state index contributed by atoms with van der Waals surface area (Å²) in [6.45, 7) is 3.30. The van der Waals surface area contributed by atoms with E-state index >= 15 is 0 Å². The fourth-order valence-corrected chi connectivity index (χ4v) is 3.65. The number of halogens is 1. The molecule has 1 heterocycles. The van der Waals surface area contributed by atoms with Crippen LogP contribution >= 0.6 is 11.6 Å². The monoisotopic (exact) mass is 374 g/mol. The summed E-state index contributed by atoms with van der Waals surface area (Å²) < 4.78 is 5.84. The van der Waals surface area contributed by atoms with Gasteiger partial charge in [0.2, 0.25) is 0 Å². The van der Waals surface area contributed by atoms with Crippen LogP contribution in [0.1, 0.15) is 12.8 Å². The zero-order valence-corrected chi connectivity index (χ0v) is 16.2. The van der Waals surface area contributed by atoms with Crippen molar-refractivity contribution in [1.29, 1.82) is 0 Å². The van der Waals surface area contributed by atoms with Gasteiger partial charge < -0.3 is 20.3 Å². The van der Waals surface area contributed by atoms with Crippen LogP contribution in [0.15, 0.2) is 41.4 Å². The molecule has 2 aromatic carbocycles. The van der Waals surface area contributed by atoms with Crippen molar-refractivity contribution < 1.29 is 4.74 Å². The van der Waals surface area contributed by atoms with Gasteiger partial charge in [-0.25, -0.2) is 4.99 Å². The lowest BCUT2D eigenvalue weighted by Crippen LogP contribution is -2.36. The highest BCUT2D eigenvalue weighted by Gasteiger charge is 2.21. The molecule has 0 bridgehead atoms. The zero-order chi connectivity index (χ0) is 18.4. The van der Waals surface area contributed by atoms with Crippen LogP contribution in [0.4, 0.5) is 5.69 Å². The molecule has 0 unspecified atom stereocenters. The number of nitrogens with zero attached hydrogens (tertiary/aromatic N) is 2. The van der Waals surface area contributed by atoms with E-state index in [1.54, 1.807) is 7.05 Å². The van der Waals surface area contributed by atoms with Crippen molar-refractivity contribution in [2.75, 3.05) is 45.7 Å². The van der Waals surface area contributed by atoms with Gasteiger partial charge in [0, 0.05) is 37.3 Å². The largest absolute Gasteiger partial charge is 0.464 e. The Kier molecular flexibility index (Phi) is 6.58. The van der Waals surface area contributed by atoms with Gasteiger partial charge in [0.1, 0.15) is 6.61 Å². The van der Waals surface area contributed by atoms with Crippen molar-refractivity contribution in [1.82, 2.24) is 10.2 Å². The Labute approximate surface area is 160 Å². The van der Waals surface area contributed by atoms with Crippen LogP contribution in [0.3, 0.4) is 0 Å². The number of hydrogen-bond donors (Lipinski definition) is 2. The third-order valence-corrected chi connectivity index (χ3v) is 5.17. The van der Waals surface area contributed by atoms with Gasteiger partial charge in [0.15, 0.2) is 0 Å². The van der Waals surface area contributed by atoms with E-state index in [1.165, 1.54) is 12.8 Å². The molecular formula is C20H27ClN4O. The SMILES string of the molecule is CN=C(NCCNc1cccc2cccc(Cl)c12)OC[C@@H]1CCCN1C. The van der Waals surface area contributed by atoms with Crippen molar-refractivity contribution in [2.45, 2.75) is 18.9 Å². The highest BCUT2D eigenvalue weighted by atomic mass is 35.5. The van der Waals surface area contributed by atoms with Crippen molar-refractivity contribution >= 4 is 34.1 Å². The molecule has 6 heteroatoms. The number of amidine groups is 1. The van der Waals surface area contributed by atoms with Crippen LogP contribution in [0, 0.1) is 0 Å². The van der Waals surface area contributed by atoms with Gasteiger partial charge in [-0.1, -0.05) is 35.9 Å². The van der Waals surface area contributed by atoms with Crippen LogP contribution in [-0.2, 0) is 4.74 Å². The standard InChI is InChI=1S/C20H27ClN4O/c1-22-20(26-14-16-8-5-13-25(16)2)24-12-11-23-18-10-4-7-15-6-3-9-17(21)19(15)18/h3-4,6-7,9-10,16,23H,5,8,11-14H2,1-2H3,(H,22,24)/t16-/m0/s1. The lowest BCUT2D eigenvalue weighted by atomic mass is 10.1. The van der Waals surface area contributed by atoms with Crippen LogP contribution < -0.4 is 10.6 Å². The second-order valence-electron chi connectivity index (χ2n) is 6.61. The Morgan fingerprint density at radius 1 is 1.27 bits per heavy atom. The molecule has 140 valence electrons. The van der Waals surface area contributed by atoms with Gasteiger partial charge in [0.05, 0.1) is 5.02 Å². The predicted molar refractivity (Wildman–Crippen MR) is 110 cm³/mol. The quantitative estimate of drug-likeness (QED) is 0.461. The summed E-state index contributed by atoms with van der Waals surface area (Å²) in [5.74, 6) is 0. The number of aliphatic imine (C=N–C) groups is 1. The summed E-state index contributed by atoms with van der Waals surface area (Å²) in [5, 5.41) is 9.66. The number of likely N-dealkylation sites (N-methyl/N-ethyl adjacent to an activating group) is 1. The van der Waals surface area contributed by atoms with E-state index in [0.717, 1.165) is 34.6 Å². The molecule has 1 fully saturated rings. The first-order valence-corrected chi connectivity index (χ1v) is 9.51. The molecule has 2 N–H and O–H groups in total. The molecule has 0 radical (unpaired) electrons. The maximum atomic E-state index is 6.36. The molecule has 1 aliphatic heterocycles. The number of nitrogens with one attached hydrogen (secondary N) is 2. The van der Waals surface area contributed by atoms with Gasteiger partial charge in [0.25, 0.3) is 6.02 Å². The molecule has 1 atom stereocenters. The summed E-state index contributed by atoms with van der Waals surface area (Å²) in [4.78, 5) is 6.54. The Bertz CT molecular complexity index is 759. The summed E-state index contributed by atoms with van der Waals surface area (Å²) in [6.07, 6.45) is 2.44. The first-order valence-electron chi connectivity index (χ1n) is 9.14. The van der Waals surface area contributed by atoms with Gasteiger partial charge >= 0.3 is 0 Å². The Balaban J connectivity index is 1.47. The fourth-order valence-electron chi connectivity index (χ4n) is 3.37. The van der Waals surface area contributed by atoms with Crippen molar-refractivity contribution in [2.24, 2.45) is 4.99 Å². The first kappa shape index (κ1) is 18.8. The van der Waals surface area contributed by atoms with E-state index in [4.69, 9.17) is 16.3 Å². The van der Waals surface area contributed by atoms with Gasteiger partial charge in [-0.2, -0.15) is 0 Å². The van der Waals surface area contributed by atoms with Gasteiger partial charge in [-0.05, 0) is 44.0 Å². The molecule has 1 aliphatic rings. The topological polar surface area (TPSA) is 48.9 Å². The molecule has 0 aromatic heterocycles. The van der Waals surface area contributed by atoms with E-state index in [0.29, 0.717) is 25.2 Å². The minimum Gasteiger partial charge on any atom is -0.464 e. The smallest absolute Gasteiger partial charge is 0.284 e. The molecule has 0 amide bonds. The lowest BCUT2D eigenvalue weighted by molar-refractivity contribution is 0.184. The first-order chi connectivity index (χ1) is 12.7. The summed E-state index contributed by atoms with van der Waals surface area (Å²) >= 11 is 6.36. The lowest BCUT2D eigenvalue weighted by Gasteiger charge is -2.20. The van der Waals surface area contributed by atoms with Crippen LogP contribution in [0.25, 0.3) is 10.8 Å². The van der Waals surface area contributed by atoms with Crippen molar-refractivity contribution in [3.05, 3.63) is 41.4 Å². The van der Waals surface area contributed by atoms with E-state index in [-0.39, 0.29) is 0 Å². The second kappa shape index (κ2) is 9.10. The average Bonchev–Trinajstić information content (AvgIpc) is 3.06. The number of rotatable bonds is 6. The van der Waals surface area contributed by atoms with Crippen molar-refractivity contribution in [3.8, 4) is 0 Å². The molecular weight excluding hydrogens is 348 g/mol. The number of likely N-dealkylation sites (tertiary alicyclic amines) is 1. The van der Waals surface area contributed by atoms with E-state index in [1.807, 2.05) is 18.2 Å². The fraction of sp³-hybridized carbons (Fsp3) is 0.450. The second-order valence-corrected chi connectivity index (χ2v) is 7.02. The number of anilines is 1. The predicted octanol–water partition coefficient (Wildman–Crippen LogP) is 3.59. The molecule has 5 nitrogen and oxygen atoms in total. The minimum absolute atomic E-state index is 0.490. The highest BCUT2D eigenvalue weighted by Crippen LogP contribution is 2.30. The number of fused-ring (bicyclic) bond motifs is 1. The third kappa shape index (κ3) is 4.59. The minimum atomic E-state index is 0.490. The number of benzene rings is 2. The van der Waals surface area contributed by atoms with Gasteiger partial charge in [-0.3, -0.25) is 0 Å². The van der Waals surface area contributed by atoms with Crippen LogP contribution in [-0.4, -0.2) is 57.3 Å². The molecule has 3 rings (SSSR count).